The summed E-state index contributed by atoms with van der Waals surface area (Å²) in [6.45, 7) is 12.7. The van der Waals surface area contributed by atoms with Gasteiger partial charge in [0, 0.05) is 41.4 Å². The van der Waals surface area contributed by atoms with Gasteiger partial charge in [0.1, 0.15) is 0 Å². The first kappa shape index (κ1) is 15.9. The molecule has 1 heterocycles. The van der Waals surface area contributed by atoms with E-state index in [1.54, 1.807) is 0 Å². The first-order valence-corrected chi connectivity index (χ1v) is 8.62. The number of rotatable bonds is 5. The Labute approximate surface area is 128 Å². The van der Waals surface area contributed by atoms with Gasteiger partial charge in [0.05, 0.1) is 0 Å². The van der Waals surface area contributed by atoms with E-state index in [9.17, 15) is 0 Å². The summed E-state index contributed by atoms with van der Waals surface area (Å²) in [6, 6.07) is 10.7. The largest absolute Gasteiger partial charge is 0.309 e. The second-order valence-corrected chi connectivity index (χ2v) is 7.84. The van der Waals surface area contributed by atoms with E-state index in [1.165, 1.54) is 11.3 Å². The fourth-order valence-corrected chi connectivity index (χ4v) is 3.65. The van der Waals surface area contributed by atoms with Crippen LogP contribution in [0.15, 0.2) is 35.2 Å². The molecule has 1 saturated heterocycles. The minimum Gasteiger partial charge on any atom is -0.309 e. The van der Waals surface area contributed by atoms with Crippen LogP contribution in [-0.4, -0.2) is 41.4 Å². The van der Waals surface area contributed by atoms with Gasteiger partial charge < -0.3 is 5.32 Å². The molecule has 1 aliphatic rings. The van der Waals surface area contributed by atoms with Gasteiger partial charge in [-0.1, -0.05) is 25.1 Å². The lowest BCUT2D eigenvalue weighted by Crippen LogP contribution is -2.67. The van der Waals surface area contributed by atoms with Crippen molar-refractivity contribution < 1.29 is 0 Å². The van der Waals surface area contributed by atoms with Crippen LogP contribution in [0.2, 0.25) is 0 Å². The molecule has 0 aliphatic carbocycles. The molecule has 1 unspecified atom stereocenters. The number of benzene rings is 1. The minimum atomic E-state index is 0.228. The van der Waals surface area contributed by atoms with E-state index in [1.807, 2.05) is 11.8 Å². The van der Waals surface area contributed by atoms with Gasteiger partial charge in [-0.2, -0.15) is 0 Å². The maximum Gasteiger partial charge on any atom is 0.0304 e. The molecule has 0 saturated carbocycles. The van der Waals surface area contributed by atoms with E-state index in [-0.39, 0.29) is 5.54 Å². The first-order chi connectivity index (χ1) is 9.45. The van der Waals surface area contributed by atoms with Crippen molar-refractivity contribution in [1.29, 1.82) is 0 Å². The van der Waals surface area contributed by atoms with Crippen molar-refractivity contribution in [1.82, 2.24) is 10.2 Å². The Morgan fingerprint density at radius 3 is 2.55 bits per heavy atom. The third-order valence-corrected chi connectivity index (χ3v) is 5.42. The highest BCUT2D eigenvalue weighted by Gasteiger charge is 2.39. The molecule has 2 nitrogen and oxygen atoms in total. The van der Waals surface area contributed by atoms with Crippen molar-refractivity contribution in [2.45, 2.75) is 50.1 Å². The van der Waals surface area contributed by atoms with Crippen molar-refractivity contribution in [3.05, 3.63) is 30.3 Å². The smallest absolute Gasteiger partial charge is 0.0304 e. The summed E-state index contributed by atoms with van der Waals surface area (Å²) in [6.07, 6.45) is 1.20. The Morgan fingerprint density at radius 1 is 1.20 bits per heavy atom. The third-order valence-electron chi connectivity index (χ3n) is 4.43. The molecular weight excluding hydrogens is 264 g/mol. The predicted octanol–water partition coefficient (Wildman–Crippen LogP) is 3.63. The molecular formula is C17H28N2S. The summed E-state index contributed by atoms with van der Waals surface area (Å²) in [5.74, 6) is 1.16. The molecule has 0 radical (unpaired) electrons. The van der Waals surface area contributed by atoms with Crippen molar-refractivity contribution >= 4 is 11.8 Å². The molecule has 0 spiro atoms. The maximum atomic E-state index is 3.69. The Bertz CT molecular complexity index is 418. The van der Waals surface area contributed by atoms with E-state index in [2.05, 4.69) is 68.2 Å². The molecule has 1 N–H and O–H groups in total. The van der Waals surface area contributed by atoms with E-state index >= 15 is 0 Å². The van der Waals surface area contributed by atoms with Gasteiger partial charge in [0.15, 0.2) is 0 Å². The topological polar surface area (TPSA) is 15.3 Å². The first-order valence-electron chi connectivity index (χ1n) is 7.63. The average molecular weight is 292 g/mol. The van der Waals surface area contributed by atoms with Crippen LogP contribution in [-0.2, 0) is 0 Å². The van der Waals surface area contributed by atoms with Crippen molar-refractivity contribution in [2.24, 2.45) is 0 Å². The SMILES string of the molecule is CCC1(C)CNC(C)(C)CN1CCSc1ccccc1. The zero-order valence-corrected chi connectivity index (χ0v) is 14.1. The van der Waals surface area contributed by atoms with Crippen LogP contribution < -0.4 is 5.32 Å². The number of hydrogen-bond acceptors (Lipinski definition) is 3. The zero-order chi connectivity index (χ0) is 14.6. The van der Waals surface area contributed by atoms with Crippen molar-refractivity contribution in [3.63, 3.8) is 0 Å². The summed E-state index contributed by atoms with van der Waals surface area (Å²) >= 11 is 1.96. The zero-order valence-electron chi connectivity index (χ0n) is 13.3. The quantitative estimate of drug-likeness (QED) is 0.834. The van der Waals surface area contributed by atoms with Gasteiger partial charge >= 0.3 is 0 Å². The second kappa shape index (κ2) is 6.50. The second-order valence-electron chi connectivity index (χ2n) is 6.67. The monoisotopic (exact) mass is 292 g/mol. The molecule has 1 aromatic rings. The van der Waals surface area contributed by atoms with E-state index < -0.39 is 0 Å². The molecule has 0 amide bonds. The highest BCUT2D eigenvalue weighted by atomic mass is 32.2. The van der Waals surface area contributed by atoms with Gasteiger partial charge in [-0.25, -0.2) is 0 Å². The van der Waals surface area contributed by atoms with Crippen LogP contribution in [0.1, 0.15) is 34.1 Å². The van der Waals surface area contributed by atoms with Crippen LogP contribution in [0.3, 0.4) is 0 Å². The normalized spacial score (nSPS) is 26.6. The lowest BCUT2D eigenvalue weighted by atomic mass is 9.88. The van der Waals surface area contributed by atoms with E-state index in [0.29, 0.717) is 5.54 Å². The number of nitrogens with one attached hydrogen (secondary N) is 1. The minimum absolute atomic E-state index is 0.228. The Morgan fingerprint density at radius 2 is 1.90 bits per heavy atom. The summed E-state index contributed by atoms with van der Waals surface area (Å²) in [7, 11) is 0. The van der Waals surface area contributed by atoms with Crippen LogP contribution in [0, 0.1) is 0 Å². The highest BCUT2D eigenvalue weighted by Crippen LogP contribution is 2.27. The van der Waals surface area contributed by atoms with Gasteiger partial charge in [-0.3, -0.25) is 4.90 Å². The van der Waals surface area contributed by atoms with Gasteiger partial charge in [-0.15, -0.1) is 11.8 Å². The fraction of sp³-hybridized carbons (Fsp3) is 0.647. The fourth-order valence-electron chi connectivity index (χ4n) is 2.75. The standard InChI is InChI=1S/C17H28N2S/c1-5-17(4)13-18-16(2,3)14-19(17)11-12-20-15-9-7-6-8-10-15/h6-10,18H,5,11-14H2,1-4H3. The van der Waals surface area contributed by atoms with Crippen LogP contribution >= 0.6 is 11.8 Å². The van der Waals surface area contributed by atoms with Gasteiger partial charge in [-0.05, 0) is 39.3 Å². The number of hydrogen-bond donors (Lipinski definition) is 1. The molecule has 0 aromatic heterocycles. The lowest BCUT2D eigenvalue weighted by Gasteiger charge is -2.51. The highest BCUT2D eigenvalue weighted by molar-refractivity contribution is 7.99. The van der Waals surface area contributed by atoms with E-state index in [4.69, 9.17) is 0 Å². The number of thioether (sulfide) groups is 1. The number of piperazine rings is 1. The maximum absolute atomic E-state index is 3.69. The summed E-state index contributed by atoms with van der Waals surface area (Å²) < 4.78 is 0. The molecule has 1 fully saturated rings. The van der Waals surface area contributed by atoms with Gasteiger partial charge in [0.25, 0.3) is 0 Å². The summed E-state index contributed by atoms with van der Waals surface area (Å²) in [4.78, 5) is 4.06. The third kappa shape index (κ3) is 4.00. The Balaban J connectivity index is 1.91. The summed E-state index contributed by atoms with van der Waals surface area (Å²) in [5.41, 5.74) is 0.527. The average Bonchev–Trinajstić information content (AvgIpc) is 2.44. The lowest BCUT2D eigenvalue weighted by molar-refractivity contribution is 0.0299. The molecule has 20 heavy (non-hydrogen) atoms. The van der Waals surface area contributed by atoms with Crippen LogP contribution in [0.5, 0.6) is 0 Å². The molecule has 1 atom stereocenters. The van der Waals surface area contributed by atoms with Crippen molar-refractivity contribution in [2.75, 3.05) is 25.4 Å². The molecule has 3 heteroatoms. The van der Waals surface area contributed by atoms with Gasteiger partial charge in [0.2, 0.25) is 0 Å². The molecule has 112 valence electrons. The predicted molar refractivity (Wildman–Crippen MR) is 89.5 cm³/mol. The summed E-state index contributed by atoms with van der Waals surface area (Å²) in [5, 5.41) is 3.69. The molecule has 1 aromatic carbocycles. The van der Waals surface area contributed by atoms with Crippen LogP contribution in [0.25, 0.3) is 0 Å². The Kier molecular flexibility index (Phi) is 5.16. The number of nitrogens with zero attached hydrogens (tertiary/aromatic N) is 1. The van der Waals surface area contributed by atoms with E-state index in [0.717, 1.165) is 25.4 Å². The molecule has 2 rings (SSSR count). The van der Waals surface area contributed by atoms with Crippen molar-refractivity contribution in [3.8, 4) is 0 Å². The molecule has 0 bridgehead atoms. The Hall–Kier alpha value is -0.510. The molecule has 1 aliphatic heterocycles. The van der Waals surface area contributed by atoms with Crippen LogP contribution in [0.4, 0.5) is 0 Å².